The van der Waals surface area contributed by atoms with Crippen LogP contribution in [0, 0.1) is 0 Å². The highest BCUT2D eigenvalue weighted by molar-refractivity contribution is 6.15. The van der Waals surface area contributed by atoms with E-state index in [1.165, 1.54) is 21.5 Å². The first-order valence-corrected chi connectivity index (χ1v) is 16.7. The van der Waals surface area contributed by atoms with Crippen molar-refractivity contribution in [3.63, 3.8) is 0 Å². The molecule has 0 saturated heterocycles. The summed E-state index contributed by atoms with van der Waals surface area (Å²) in [7, 11) is 0. The Hall–Kier alpha value is -6.85. The minimum absolute atomic E-state index is 0.686. The molecular weight excluding hydrogens is 611 g/mol. The molecule has 0 N–H and O–H groups in total. The molecular formula is C45H27N5. The van der Waals surface area contributed by atoms with E-state index >= 15 is 0 Å². The summed E-state index contributed by atoms with van der Waals surface area (Å²) in [5, 5.41) is 7.93. The monoisotopic (exact) mass is 637 g/mol. The maximum Gasteiger partial charge on any atom is 0.160 e. The highest BCUT2D eigenvalue weighted by Gasteiger charge is 2.16. The van der Waals surface area contributed by atoms with Gasteiger partial charge in [0, 0.05) is 39.0 Å². The minimum Gasteiger partial charge on any atom is -0.255 e. The van der Waals surface area contributed by atoms with Crippen molar-refractivity contribution in [1.82, 2.24) is 24.9 Å². The van der Waals surface area contributed by atoms with Crippen LogP contribution in [-0.2, 0) is 0 Å². The zero-order chi connectivity index (χ0) is 33.0. The van der Waals surface area contributed by atoms with E-state index in [0.717, 1.165) is 72.2 Å². The van der Waals surface area contributed by atoms with Gasteiger partial charge in [0.25, 0.3) is 0 Å². The lowest BCUT2D eigenvalue weighted by atomic mass is 9.94. The molecule has 232 valence electrons. The number of fused-ring (bicyclic) bond motifs is 7. The van der Waals surface area contributed by atoms with E-state index in [1.54, 1.807) is 6.20 Å². The normalized spacial score (nSPS) is 11.6. The third-order valence-corrected chi connectivity index (χ3v) is 9.51. The zero-order valence-corrected chi connectivity index (χ0v) is 26.8. The second kappa shape index (κ2) is 11.4. The number of aromatic nitrogens is 5. The SMILES string of the molecule is c1ccc(-c2ccc3ccc4ccc(-c5ccc(-c6nc(-c7cc8ccccc8c8ccccc78)c7ccccc7n6)cc5)nc4c3n2)nc1. The average molecular weight is 638 g/mol. The number of hydrogen-bond acceptors (Lipinski definition) is 5. The van der Waals surface area contributed by atoms with Gasteiger partial charge in [-0.15, -0.1) is 0 Å². The first-order valence-electron chi connectivity index (χ1n) is 16.7. The Labute approximate surface area is 287 Å². The average Bonchev–Trinajstić information content (AvgIpc) is 3.20. The lowest BCUT2D eigenvalue weighted by molar-refractivity contribution is 1.23. The van der Waals surface area contributed by atoms with E-state index in [9.17, 15) is 0 Å². The smallest absolute Gasteiger partial charge is 0.160 e. The highest BCUT2D eigenvalue weighted by atomic mass is 14.9. The van der Waals surface area contributed by atoms with Gasteiger partial charge < -0.3 is 0 Å². The number of pyridine rings is 3. The van der Waals surface area contributed by atoms with Crippen LogP contribution in [0.5, 0.6) is 0 Å². The lowest BCUT2D eigenvalue weighted by Crippen LogP contribution is -1.96. The van der Waals surface area contributed by atoms with Crippen LogP contribution >= 0.6 is 0 Å². The van der Waals surface area contributed by atoms with Crippen molar-refractivity contribution in [2.45, 2.75) is 0 Å². The molecule has 0 radical (unpaired) electrons. The third kappa shape index (κ3) is 4.67. The van der Waals surface area contributed by atoms with Crippen LogP contribution in [-0.4, -0.2) is 24.9 Å². The van der Waals surface area contributed by atoms with Gasteiger partial charge in [-0.1, -0.05) is 121 Å². The first kappa shape index (κ1) is 28.2. The maximum absolute atomic E-state index is 5.27. The fourth-order valence-corrected chi connectivity index (χ4v) is 7.04. The van der Waals surface area contributed by atoms with Crippen LogP contribution in [0.2, 0.25) is 0 Å². The van der Waals surface area contributed by atoms with Crippen molar-refractivity contribution >= 4 is 54.3 Å². The molecule has 0 amide bonds. The maximum atomic E-state index is 5.27. The van der Waals surface area contributed by atoms with Gasteiger partial charge in [-0.3, -0.25) is 4.98 Å². The van der Waals surface area contributed by atoms with Crippen LogP contribution < -0.4 is 0 Å². The molecule has 0 unspecified atom stereocenters. The van der Waals surface area contributed by atoms with Gasteiger partial charge >= 0.3 is 0 Å². The summed E-state index contributed by atoms with van der Waals surface area (Å²) < 4.78 is 0. The Kier molecular flexibility index (Phi) is 6.42. The molecule has 0 spiro atoms. The Balaban J connectivity index is 1.08. The fourth-order valence-electron chi connectivity index (χ4n) is 7.04. The highest BCUT2D eigenvalue weighted by Crippen LogP contribution is 2.38. The molecule has 5 heteroatoms. The second-order valence-corrected chi connectivity index (χ2v) is 12.5. The molecule has 0 aliphatic carbocycles. The molecule has 5 nitrogen and oxygen atoms in total. The fraction of sp³-hybridized carbons (Fsp3) is 0. The number of benzene rings is 6. The second-order valence-electron chi connectivity index (χ2n) is 12.5. The van der Waals surface area contributed by atoms with Crippen molar-refractivity contribution in [2.24, 2.45) is 0 Å². The Morgan fingerprint density at radius 2 is 0.980 bits per heavy atom. The third-order valence-electron chi connectivity index (χ3n) is 9.51. The predicted octanol–water partition coefficient (Wildman–Crippen LogP) is 11.1. The van der Waals surface area contributed by atoms with Crippen LogP contribution in [0.25, 0.3) is 99.5 Å². The van der Waals surface area contributed by atoms with Crippen LogP contribution in [0.4, 0.5) is 0 Å². The Bertz CT molecular complexity index is 2920. The van der Waals surface area contributed by atoms with E-state index in [4.69, 9.17) is 19.9 Å². The summed E-state index contributed by atoms with van der Waals surface area (Å²) in [6.45, 7) is 0. The number of hydrogen-bond donors (Lipinski definition) is 0. The Morgan fingerprint density at radius 3 is 1.76 bits per heavy atom. The summed E-state index contributed by atoms with van der Waals surface area (Å²) in [6.07, 6.45) is 1.79. The van der Waals surface area contributed by atoms with Gasteiger partial charge in [0.05, 0.1) is 39.3 Å². The first-order chi connectivity index (χ1) is 24.8. The largest absolute Gasteiger partial charge is 0.255 e. The molecule has 0 saturated carbocycles. The van der Waals surface area contributed by atoms with Crippen molar-refractivity contribution in [3.8, 4) is 45.3 Å². The molecule has 0 atom stereocenters. The molecule has 50 heavy (non-hydrogen) atoms. The van der Waals surface area contributed by atoms with Crippen molar-refractivity contribution in [2.75, 3.05) is 0 Å². The molecule has 0 aliphatic rings. The van der Waals surface area contributed by atoms with Crippen molar-refractivity contribution in [3.05, 3.63) is 164 Å². The molecule has 4 aromatic heterocycles. The summed E-state index contributed by atoms with van der Waals surface area (Å²) >= 11 is 0. The van der Waals surface area contributed by atoms with Gasteiger partial charge in [-0.05, 0) is 57.9 Å². The zero-order valence-electron chi connectivity index (χ0n) is 26.8. The number of para-hydroxylation sites is 1. The van der Waals surface area contributed by atoms with E-state index in [1.807, 2.05) is 30.3 Å². The van der Waals surface area contributed by atoms with Gasteiger partial charge in [-0.25, -0.2) is 19.9 Å². The van der Waals surface area contributed by atoms with Crippen LogP contribution in [0.3, 0.4) is 0 Å². The summed E-state index contributed by atoms with van der Waals surface area (Å²) in [4.78, 5) is 25.0. The van der Waals surface area contributed by atoms with Gasteiger partial charge in [0.1, 0.15) is 0 Å². The van der Waals surface area contributed by atoms with Gasteiger partial charge in [0.2, 0.25) is 0 Å². The van der Waals surface area contributed by atoms with E-state index in [-0.39, 0.29) is 0 Å². The standard InChI is InChI=1S/C45H27N5/c1-2-10-33-32(9-1)27-37(35-12-4-3-11-34(33)35)44-36-13-5-6-14-39(36)49-45(50-44)31-20-16-28(17-21-31)38-24-22-29-18-19-30-23-25-41(40-15-7-8-26-46-40)48-43(30)42(29)47-38/h1-27H. The molecule has 0 aliphatic heterocycles. The molecule has 4 heterocycles. The molecule has 10 rings (SSSR count). The topological polar surface area (TPSA) is 64.5 Å². The summed E-state index contributed by atoms with van der Waals surface area (Å²) in [5.74, 6) is 0.686. The summed E-state index contributed by atoms with van der Waals surface area (Å²) in [5.41, 5.74) is 9.17. The summed E-state index contributed by atoms with van der Waals surface area (Å²) in [6, 6.07) is 54.4. The van der Waals surface area contributed by atoms with Crippen molar-refractivity contribution < 1.29 is 0 Å². The number of nitrogens with zero attached hydrogens (tertiary/aromatic N) is 5. The van der Waals surface area contributed by atoms with E-state index in [2.05, 4.69) is 132 Å². The van der Waals surface area contributed by atoms with Crippen LogP contribution in [0.1, 0.15) is 0 Å². The molecule has 6 aromatic carbocycles. The lowest BCUT2D eigenvalue weighted by Gasteiger charge is -2.14. The van der Waals surface area contributed by atoms with Crippen LogP contribution in [0.15, 0.2) is 164 Å². The number of rotatable bonds is 4. The molecule has 0 fully saturated rings. The molecule has 0 bridgehead atoms. The van der Waals surface area contributed by atoms with Crippen molar-refractivity contribution in [1.29, 1.82) is 0 Å². The predicted molar refractivity (Wildman–Crippen MR) is 205 cm³/mol. The minimum atomic E-state index is 0.686. The Morgan fingerprint density at radius 1 is 0.360 bits per heavy atom. The van der Waals surface area contributed by atoms with E-state index in [0.29, 0.717) is 5.82 Å². The van der Waals surface area contributed by atoms with E-state index < -0.39 is 0 Å². The van der Waals surface area contributed by atoms with Gasteiger partial charge in [-0.2, -0.15) is 0 Å². The molecule has 10 aromatic rings. The quantitative estimate of drug-likeness (QED) is 0.180. The van der Waals surface area contributed by atoms with Gasteiger partial charge in [0.15, 0.2) is 5.82 Å².